The number of nitrogens with zero attached hydrogens (tertiary/aromatic N) is 1. The Morgan fingerprint density at radius 2 is 2.30 bits per heavy atom. The molecule has 1 aromatic heterocycles. The van der Waals surface area contributed by atoms with E-state index in [2.05, 4.69) is 10.5 Å². The fourth-order valence-electron chi connectivity index (χ4n) is 2.56. The third kappa shape index (κ3) is 2.60. The number of aromatic nitrogens is 1. The van der Waals surface area contributed by atoms with E-state index in [-0.39, 0.29) is 11.9 Å². The Bertz CT molecular complexity index is 607. The van der Waals surface area contributed by atoms with Crippen LogP contribution in [0, 0.1) is 19.7 Å². The maximum absolute atomic E-state index is 13.4. The van der Waals surface area contributed by atoms with Gasteiger partial charge in [-0.2, -0.15) is 0 Å². The van der Waals surface area contributed by atoms with Crippen LogP contribution in [0.4, 0.5) is 4.39 Å². The second-order valence-electron chi connectivity index (χ2n) is 5.06. The number of aryl methyl sites for hydroxylation is 2. The molecule has 2 aromatic rings. The quantitative estimate of drug-likeness (QED) is 0.935. The van der Waals surface area contributed by atoms with Crippen molar-refractivity contribution in [2.75, 3.05) is 5.75 Å². The third-order valence-electron chi connectivity index (χ3n) is 3.72. The molecule has 1 N–H and O–H groups in total. The van der Waals surface area contributed by atoms with Crippen molar-refractivity contribution in [1.29, 1.82) is 0 Å². The molecule has 1 aliphatic rings. The molecule has 1 unspecified atom stereocenters. The third-order valence-corrected chi connectivity index (χ3v) is 4.84. The first-order chi connectivity index (χ1) is 9.65. The summed E-state index contributed by atoms with van der Waals surface area (Å²) in [5, 5.41) is 7.47. The van der Waals surface area contributed by atoms with Gasteiger partial charge >= 0.3 is 0 Å². The predicted molar refractivity (Wildman–Crippen MR) is 77.3 cm³/mol. The number of halogens is 1. The number of fused-ring (bicyclic) bond motifs is 1. The van der Waals surface area contributed by atoms with E-state index in [1.165, 1.54) is 11.0 Å². The molecular formula is C15H17FN2OS. The van der Waals surface area contributed by atoms with Gasteiger partial charge in [-0.1, -0.05) is 5.16 Å². The van der Waals surface area contributed by atoms with E-state index in [0.29, 0.717) is 6.54 Å². The van der Waals surface area contributed by atoms with Crippen molar-refractivity contribution >= 4 is 11.8 Å². The summed E-state index contributed by atoms with van der Waals surface area (Å²) >= 11 is 1.79. The number of hydrogen-bond donors (Lipinski definition) is 1. The smallest absolute Gasteiger partial charge is 0.138 e. The highest BCUT2D eigenvalue weighted by Gasteiger charge is 2.21. The van der Waals surface area contributed by atoms with E-state index < -0.39 is 0 Å². The zero-order valence-corrected chi connectivity index (χ0v) is 12.4. The molecule has 2 heterocycles. The zero-order chi connectivity index (χ0) is 14.1. The Kier molecular flexibility index (Phi) is 3.81. The first-order valence-corrected chi connectivity index (χ1v) is 7.71. The molecule has 0 aliphatic carbocycles. The molecule has 3 nitrogen and oxygen atoms in total. The highest BCUT2D eigenvalue weighted by Crippen LogP contribution is 2.36. The lowest BCUT2D eigenvalue weighted by Crippen LogP contribution is -2.24. The van der Waals surface area contributed by atoms with Crippen LogP contribution >= 0.6 is 11.8 Å². The SMILES string of the molecule is Cc1noc(C)c1CNC1CCSc2ccc(F)cc21. The van der Waals surface area contributed by atoms with Gasteiger partial charge in [0.25, 0.3) is 0 Å². The highest BCUT2D eigenvalue weighted by molar-refractivity contribution is 7.99. The minimum atomic E-state index is -0.171. The van der Waals surface area contributed by atoms with E-state index in [1.54, 1.807) is 17.8 Å². The van der Waals surface area contributed by atoms with Crippen molar-refractivity contribution in [3.05, 3.63) is 46.6 Å². The Balaban J connectivity index is 1.78. The Labute approximate surface area is 121 Å². The topological polar surface area (TPSA) is 38.1 Å². The molecule has 0 radical (unpaired) electrons. The lowest BCUT2D eigenvalue weighted by atomic mass is 10.0. The van der Waals surface area contributed by atoms with Gasteiger partial charge in [0.15, 0.2) is 0 Å². The molecule has 0 saturated heterocycles. The summed E-state index contributed by atoms with van der Waals surface area (Å²) in [4.78, 5) is 1.17. The summed E-state index contributed by atoms with van der Waals surface area (Å²) in [6, 6.07) is 5.24. The van der Waals surface area contributed by atoms with Crippen LogP contribution in [0.2, 0.25) is 0 Å². The molecule has 1 aliphatic heterocycles. The average Bonchev–Trinajstić information content (AvgIpc) is 2.76. The van der Waals surface area contributed by atoms with Gasteiger partial charge in [-0.3, -0.25) is 0 Å². The van der Waals surface area contributed by atoms with Gasteiger partial charge in [-0.25, -0.2) is 4.39 Å². The summed E-state index contributed by atoms with van der Waals surface area (Å²) in [6.45, 7) is 4.56. The fourth-order valence-corrected chi connectivity index (χ4v) is 3.66. The van der Waals surface area contributed by atoms with Crippen LogP contribution in [0.25, 0.3) is 0 Å². The maximum Gasteiger partial charge on any atom is 0.138 e. The van der Waals surface area contributed by atoms with Crippen LogP contribution in [0.1, 0.15) is 35.0 Å². The molecule has 0 saturated carbocycles. The molecule has 0 amide bonds. The van der Waals surface area contributed by atoms with Gasteiger partial charge in [0.1, 0.15) is 11.6 Å². The molecule has 0 fully saturated rings. The van der Waals surface area contributed by atoms with Gasteiger partial charge in [-0.05, 0) is 49.8 Å². The first-order valence-electron chi connectivity index (χ1n) is 6.72. The van der Waals surface area contributed by atoms with Crippen molar-refractivity contribution in [2.24, 2.45) is 0 Å². The van der Waals surface area contributed by atoms with Crippen molar-refractivity contribution in [3.8, 4) is 0 Å². The largest absolute Gasteiger partial charge is 0.361 e. The lowest BCUT2D eigenvalue weighted by molar-refractivity contribution is 0.391. The Hall–Kier alpha value is -1.33. The van der Waals surface area contributed by atoms with Crippen LogP contribution in [0.5, 0.6) is 0 Å². The zero-order valence-electron chi connectivity index (χ0n) is 11.6. The summed E-state index contributed by atoms with van der Waals surface area (Å²) in [5.74, 6) is 1.73. The molecular weight excluding hydrogens is 275 g/mol. The van der Waals surface area contributed by atoms with Crippen molar-refractivity contribution < 1.29 is 8.91 Å². The van der Waals surface area contributed by atoms with Crippen LogP contribution < -0.4 is 5.32 Å². The van der Waals surface area contributed by atoms with Crippen LogP contribution in [0.3, 0.4) is 0 Å². The summed E-state index contributed by atoms with van der Waals surface area (Å²) in [7, 11) is 0. The van der Waals surface area contributed by atoms with Gasteiger partial charge in [0.05, 0.1) is 5.69 Å². The van der Waals surface area contributed by atoms with Crippen molar-refractivity contribution in [2.45, 2.75) is 37.8 Å². The number of nitrogens with one attached hydrogen (secondary N) is 1. The van der Waals surface area contributed by atoms with Gasteiger partial charge in [0, 0.05) is 23.0 Å². The standard InChI is InChI=1S/C15H17FN2OS/c1-9-13(10(2)19-18-9)8-17-14-5-6-20-15-4-3-11(16)7-12(14)15/h3-4,7,14,17H,5-6,8H2,1-2H3. The second kappa shape index (κ2) is 5.58. The normalized spacial score (nSPS) is 18.1. The molecule has 1 atom stereocenters. The number of rotatable bonds is 3. The Morgan fingerprint density at radius 1 is 1.45 bits per heavy atom. The van der Waals surface area contributed by atoms with E-state index in [0.717, 1.165) is 34.8 Å². The molecule has 1 aromatic carbocycles. The van der Waals surface area contributed by atoms with E-state index in [9.17, 15) is 4.39 Å². The van der Waals surface area contributed by atoms with Gasteiger partial charge in [0.2, 0.25) is 0 Å². The summed E-state index contributed by atoms with van der Waals surface area (Å²) in [6.07, 6.45) is 1.00. The molecule has 3 rings (SSSR count). The molecule has 0 bridgehead atoms. The molecule has 106 valence electrons. The van der Waals surface area contributed by atoms with Gasteiger partial charge < -0.3 is 9.84 Å². The highest BCUT2D eigenvalue weighted by atomic mass is 32.2. The number of benzene rings is 1. The summed E-state index contributed by atoms with van der Waals surface area (Å²) < 4.78 is 18.6. The molecule has 20 heavy (non-hydrogen) atoms. The predicted octanol–water partition coefficient (Wildman–Crippen LogP) is 3.76. The maximum atomic E-state index is 13.4. The lowest BCUT2D eigenvalue weighted by Gasteiger charge is -2.26. The van der Waals surface area contributed by atoms with Crippen molar-refractivity contribution in [3.63, 3.8) is 0 Å². The van der Waals surface area contributed by atoms with Crippen molar-refractivity contribution in [1.82, 2.24) is 10.5 Å². The van der Waals surface area contributed by atoms with Crippen LogP contribution in [-0.2, 0) is 6.54 Å². The van der Waals surface area contributed by atoms with Crippen LogP contribution in [-0.4, -0.2) is 10.9 Å². The molecule has 5 heteroatoms. The average molecular weight is 292 g/mol. The number of hydrogen-bond acceptors (Lipinski definition) is 4. The van der Waals surface area contributed by atoms with E-state index in [4.69, 9.17) is 4.52 Å². The molecule has 0 spiro atoms. The number of thioether (sulfide) groups is 1. The van der Waals surface area contributed by atoms with E-state index >= 15 is 0 Å². The van der Waals surface area contributed by atoms with Crippen LogP contribution in [0.15, 0.2) is 27.6 Å². The summed E-state index contributed by atoms with van der Waals surface area (Å²) in [5.41, 5.74) is 3.08. The first kappa shape index (κ1) is 13.6. The second-order valence-corrected chi connectivity index (χ2v) is 6.19. The van der Waals surface area contributed by atoms with Gasteiger partial charge in [-0.15, -0.1) is 11.8 Å². The monoisotopic (exact) mass is 292 g/mol. The fraction of sp³-hybridized carbons (Fsp3) is 0.400. The Morgan fingerprint density at radius 3 is 3.05 bits per heavy atom. The van der Waals surface area contributed by atoms with E-state index in [1.807, 2.05) is 19.9 Å². The minimum Gasteiger partial charge on any atom is -0.361 e. The minimum absolute atomic E-state index is 0.171.